The summed E-state index contributed by atoms with van der Waals surface area (Å²) in [6.07, 6.45) is 4.89. The summed E-state index contributed by atoms with van der Waals surface area (Å²) in [6, 6.07) is 13.8. The van der Waals surface area contributed by atoms with Crippen molar-refractivity contribution in [3.05, 3.63) is 89.5 Å². The van der Waals surface area contributed by atoms with E-state index in [0.717, 1.165) is 22.6 Å². The van der Waals surface area contributed by atoms with Crippen molar-refractivity contribution in [2.45, 2.75) is 46.6 Å². The van der Waals surface area contributed by atoms with Gasteiger partial charge in [0.1, 0.15) is 11.6 Å². The fraction of sp³-hybridized carbons (Fsp3) is 0.269. The number of benzene rings is 2. The highest BCUT2D eigenvalue weighted by Crippen LogP contribution is 2.27. The lowest BCUT2D eigenvalue weighted by molar-refractivity contribution is 0.0939. The molecule has 2 heterocycles. The van der Waals surface area contributed by atoms with Gasteiger partial charge in [0.05, 0.1) is 23.6 Å². The SMILES string of the molecule is Cc1ccc(-c2cc(C(=O)NC(C)c3cnccn3)cc(-n3nc(C)nc3C(C)C)c2)cc1. The van der Waals surface area contributed by atoms with E-state index in [2.05, 4.69) is 70.4 Å². The summed E-state index contributed by atoms with van der Waals surface area (Å²) in [5, 5.41) is 7.65. The van der Waals surface area contributed by atoms with Crippen LogP contribution in [0.1, 0.15) is 66.0 Å². The molecule has 1 atom stereocenters. The van der Waals surface area contributed by atoms with Crippen molar-refractivity contribution >= 4 is 5.91 Å². The number of aryl methyl sites for hydroxylation is 2. The van der Waals surface area contributed by atoms with Gasteiger partial charge in [-0.05, 0) is 50.1 Å². The first-order valence-electron chi connectivity index (χ1n) is 11.0. The molecule has 0 aliphatic heterocycles. The average molecular weight is 441 g/mol. The van der Waals surface area contributed by atoms with E-state index in [4.69, 9.17) is 0 Å². The maximum absolute atomic E-state index is 13.3. The largest absolute Gasteiger partial charge is 0.344 e. The highest BCUT2D eigenvalue weighted by molar-refractivity contribution is 5.96. The van der Waals surface area contributed by atoms with Gasteiger partial charge in [-0.1, -0.05) is 43.7 Å². The van der Waals surface area contributed by atoms with Crippen LogP contribution in [0.3, 0.4) is 0 Å². The molecule has 7 heteroatoms. The Labute approximate surface area is 193 Å². The van der Waals surface area contributed by atoms with Crippen molar-refractivity contribution < 1.29 is 4.79 Å². The van der Waals surface area contributed by atoms with Gasteiger partial charge in [-0.25, -0.2) is 9.67 Å². The van der Waals surface area contributed by atoms with Crippen molar-refractivity contribution in [1.29, 1.82) is 0 Å². The zero-order valence-electron chi connectivity index (χ0n) is 19.6. The van der Waals surface area contributed by atoms with Crippen LogP contribution in [0, 0.1) is 13.8 Å². The Morgan fingerprint density at radius 3 is 2.39 bits per heavy atom. The van der Waals surface area contributed by atoms with Crippen molar-refractivity contribution in [3.63, 3.8) is 0 Å². The summed E-state index contributed by atoms with van der Waals surface area (Å²) in [7, 11) is 0. The maximum atomic E-state index is 13.3. The molecule has 0 saturated heterocycles. The van der Waals surface area contributed by atoms with Crippen LogP contribution in [0.2, 0.25) is 0 Å². The number of carbonyl (C=O) groups excluding carboxylic acids is 1. The molecule has 0 spiro atoms. The van der Waals surface area contributed by atoms with Crippen LogP contribution >= 0.6 is 0 Å². The molecule has 0 aliphatic carbocycles. The first kappa shape index (κ1) is 22.3. The molecule has 0 radical (unpaired) electrons. The number of nitrogens with one attached hydrogen (secondary N) is 1. The highest BCUT2D eigenvalue weighted by atomic mass is 16.1. The van der Waals surface area contributed by atoms with Crippen LogP contribution in [-0.2, 0) is 0 Å². The first-order valence-corrected chi connectivity index (χ1v) is 11.0. The van der Waals surface area contributed by atoms with Gasteiger partial charge in [0, 0.05) is 23.9 Å². The second-order valence-electron chi connectivity index (χ2n) is 8.54. The molecule has 0 saturated carbocycles. The van der Waals surface area contributed by atoms with E-state index < -0.39 is 0 Å². The van der Waals surface area contributed by atoms with Gasteiger partial charge >= 0.3 is 0 Å². The zero-order valence-corrected chi connectivity index (χ0v) is 19.6. The minimum atomic E-state index is -0.280. The number of hydrogen-bond acceptors (Lipinski definition) is 5. The van der Waals surface area contributed by atoms with Crippen LogP contribution in [0.5, 0.6) is 0 Å². The fourth-order valence-corrected chi connectivity index (χ4v) is 3.66. The molecule has 0 aliphatic rings. The summed E-state index contributed by atoms with van der Waals surface area (Å²) in [5.74, 6) is 1.55. The normalized spacial score (nSPS) is 12.1. The Kier molecular flexibility index (Phi) is 6.31. The fourth-order valence-electron chi connectivity index (χ4n) is 3.66. The van der Waals surface area contributed by atoms with Gasteiger partial charge in [0.15, 0.2) is 0 Å². The molecule has 4 aromatic rings. The molecule has 1 amide bonds. The molecule has 0 bridgehead atoms. The summed E-state index contributed by atoms with van der Waals surface area (Å²) in [4.78, 5) is 26.3. The molecule has 1 unspecified atom stereocenters. The third-order valence-corrected chi connectivity index (χ3v) is 5.44. The van der Waals surface area contributed by atoms with E-state index in [1.54, 1.807) is 18.6 Å². The monoisotopic (exact) mass is 440 g/mol. The number of carbonyl (C=O) groups is 1. The van der Waals surface area contributed by atoms with Crippen molar-refractivity contribution in [3.8, 4) is 16.8 Å². The number of rotatable bonds is 6. The summed E-state index contributed by atoms with van der Waals surface area (Å²) in [5.41, 5.74) is 5.19. The lowest BCUT2D eigenvalue weighted by Gasteiger charge is -2.16. The van der Waals surface area contributed by atoms with Gasteiger partial charge in [-0.2, -0.15) is 5.10 Å². The second-order valence-corrected chi connectivity index (χ2v) is 8.54. The lowest BCUT2D eigenvalue weighted by atomic mass is 10.00. The Bertz CT molecular complexity index is 1260. The van der Waals surface area contributed by atoms with Crippen molar-refractivity contribution in [2.75, 3.05) is 0 Å². The van der Waals surface area contributed by atoms with Crippen LogP contribution < -0.4 is 5.32 Å². The predicted molar refractivity (Wildman–Crippen MR) is 128 cm³/mol. The second kappa shape index (κ2) is 9.32. The zero-order chi connectivity index (χ0) is 23.5. The minimum absolute atomic E-state index is 0.184. The van der Waals surface area contributed by atoms with E-state index >= 15 is 0 Å². The van der Waals surface area contributed by atoms with E-state index in [9.17, 15) is 4.79 Å². The van der Waals surface area contributed by atoms with Gasteiger partial charge in [-0.3, -0.25) is 14.8 Å². The Balaban J connectivity index is 1.78. The average Bonchev–Trinajstić information content (AvgIpc) is 3.22. The predicted octanol–water partition coefficient (Wildman–Crippen LogP) is 4.96. The molecular weight excluding hydrogens is 412 g/mol. The molecule has 2 aromatic heterocycles. The van der Waals surface area contributed by atoms with Gasteiger partial charge in [-0.15, -0.1) is 0 Å². The first-order chi connectivity index (χ1) is 15.8. The standard InChI is InChI=1S/C26H28N6O/c1-16(2)25-30-19(5)31-32(25)23-13-21(20-8-6-17(3)7-9-20)12-22(14-23)26(33)29-18(4)24-15-27-10-11-28-24/h6-16,18H,1-5H3,(H,29,33). The summed E-state index contributed by atoms with van der Waals surface area (Å²) < 4.78 is 1.83. The van der Waals surface area contributed by atoms with Gasteiger partial charge in [0.2, 0.25) is 0 Å². The number of hydrogen-bond donors (Lipinski definition) is 1. The summed E-state index contributed by atoms with van der Waals surface area (Å²) in [6.45, 7) is 9.99. The smallest absolute Gasteiger partial charge is 0.251 e. The van der Waals surface area contributed by atoms with Gasteiger partial charge in [0.25, 0.3) is 5.91 Å². The summed E-state index contributed by atoms with van der Waals surface area (Å²) >= 11 is 0. The molecular formula is C26H28N6O. The van der Waals surface area contributed by atoms with E-state index in [-0.39, 0.29) is 17.9 Å². The molecule has 7 nitrogen and oxygen atoms in total. The Morgan fingerprint density at radius 1 is 0.970 bits per heavy atom. The van der Waals surface area contributed by atoms with E-state index in [1.165, 1.54) is 5.56 Å². The number of nitrogens with zero attached hydrogens (tertiary/aromatic N) is 5. The molecule has 0 fully saturated rings. The minimum Gasteiger partial charge on any atom is -0.344 e. The molecule has 2 aromatic carbocycles. The van der Waals surface area contributed by atoms with E-state index in [1.807, 2.05) is 36.7 Å². The topological polar surface area (TPSA) is 85.6 Å². The van der Waals surface area contributed by atoms with Crippen LogP contribution in [-0.4, -0.2) is 30.6 Å². The van der Waals surface area contributed by atoms with Crippen molar-refractivity contribution in [1.82, 2.24) is 30.0 Å². The van der Waals surface area contributed by atoms with Crippen LogP contribution in [0.4, 0.5) is 0 Å². The molecule has 1 N–H and O–H groups in total. The number of aromatic nitrogens is 5. The molecule has 4 rings (SSSR count). The maximum Gasteiger partial charge on any atom is 0.251 e. The Morgan fingerprint density at radius 2 is 1.73 bits per heavy atom. The Hall–Kier alpha value is -3.87. The van der Waals surface area contributed by atoms with Crippen molar-refractivity contribution in [2.24, 2.45) is 0 Å². The third-order valence-electron chi connectivity index (χ3n) is 5.44. The number of amides is 1. The third kappa shape index (κ3) is 4.98. The molecule has 33 heavy (non-hydrogen) atoms. The highest BCUT2D eigenvalue weighted by Gasteiger charge is 2.18. The quantitative estimate of drug-likeness (QED) is 0.458. The van der Waals surface area contributed by atoms with E-state index in [0.29, 0.717) is 17.1 Å². The lowest BCUT2D eigenvalue weighted by Crippen LogP contribution is -2.27. The van der Waals surface area contributed by atoms with Crippen LogP contribution in [0.25, 0.3) is 16.8 Å². The van der Waals surface area contributed by atoms with Crippen LogP contribution in [0.15, 0.2) is 61.1 Å². The molecule has 168 valence electrons. The van der Waals surface area contributed by atoms with Gasteiger partial charge < -0.3 is 5.32 Å².